The Morgan fingerprint density at radius 3 is 2.53 bits per heavy atom. The number of carbonyl (C=O) groups is 1. The molecule has 2 aromatic carbocycles. The van der Waals surface area contributed by atoms with Crippen molar-refractivity contribution in [3.05, 3.63) is 87.2 Å². The standard InChI is InChI=1S/C27H28ClN3O/c1-16-23-24(17-11-13-18(14-12-17)27(2,3)4)25-21(9-6-10-22(25)32)29-26(23)31(30-16)20-8-5-7-19(28)15-20/h5,7-8,11-15,24,29H,6,9-10H2,1-4H3. The predicted molar refractivity (Wildman–Crippen MR) is 130 cm³/mol. The van der Waals surface area contributed by atoms with E-state index >= 15 is 0 Å². The van der Waals surface area contributed by atoms with Gasteiger partial charge in [0.15, 0.2) is 5.78 Å². The quantitative estimate of drug-likeness (QED) is 0.477. The number of Topliss-reactive ketones (excluding diaryl/α,β-unsaturated/α-hetero) is 1. The van der Waals surface area contributed by atoms with Crippen molar-refractivity contribution in [2.45, 2.75) is 58.3 Å². The van der Waals surface area contributed by atoms with Gasteiger partial charge in [-0.3, -0.25) is 4.79 Å². The van der Waals surface area contributed by atoms with E-state index in [1.165, 1.54) is 5.56 Å². The molecule has 2 heterocycles. The monoisotopic (exact) mass is 445 g/mol. The molecule has 5 heteroatoms. The molecule has 32 heavy (non-hydrogen) atoms. The average molecular weight is 446 g/mol. The second-order valence-corrected chi connectivity index (χ2v) is 10.3. The minimum atomic E-state index is -0.115. The maximum atomic E-state index is 13.1. The van der Waals surface area contributed by atoms with Crippen molar-refractivity contribution < 1.29 is 4.79 Å². The molecule has 0 saturated carbocycles. The Morgan fingerprint density at radius 1 is 1.09 bits per heavy atom. The molecule has 0 saturated heterocycles. The summed E-state index contributed by atoms with van der Waals surface area (Å²) < 4.78 is 1.93. The van der Waals surface area contributed by atoms with Gasteiger partial charge in [0.25, 0.3) is 0 Å². The Bertz CT molecular complexity index is 1240. The third-order valence-corrected chi connectivity index (χ3v) is 6.81. The van der Waals surface area contributed by atoms with Crippen LogP contribution in [0.2, 0.25) is 5.02 Å². The van der Waals surface area contributed by atoms with Crippen molar-refractivity contribution in [3.63, 3.8) is 0 Å². The molecule has 5 rings (SSSR count). The molecule has 0 bridgehead atoms. The highest BCUT2D eigenvalue weighted by Gasteiger charge is 2.38. The largest absolute Gasteiger partial charge is 0.343 e. The number of anilines is 1. The summed E-state index contributed by atoms with van der Waals surface area (Å²) in [7, 11) is 0. The molecule has 1 N–H and O–H groups in total. The van der Waals surface area contributed by atoms with Gasteiger partial charge in [0.2, 0.25) is 0 Å². The van der Waals surface area contributed by atoms with E-state index in [0.29, 0.717) is 11.4 Å². The van der Waals surface area contributed by atoms with Gasteiger partial charge in [-0.15, -0.1) is 0 Å². The van der Waals surface area contributed by atoms with Crippen molar-refractivity contribution in [1.82, 2.24) is 9.78 Å². The van der Waals surface area contributed by atoms with E-state index in [-0.39, 0.29) is 17.1 Å². The number of hydrogen-bond acceptors (Lipinski definition) is 3. The van der Waals surface area contributed by atoms with E-state index in [9.17, 15) is 4.79 Å². The molecule has 1 unspecified atom stereocenters. The number of halogens is 1. The molecule has 2 aliphatic rings. The van der Waals surface area contributed by atoms with Crippen LogP contribution in [0.15, 0.2) is 59.8 Å². The second-order valence-electron chi connectivity index (χ2n) is 9.84. The number of aryl methyl sites for hydroxylation is 1. The van der Waals surface area contributed by atoms with Crippen LogP contribution in [-0.4, -0.2) is 15.6 Å². The van der Waals surface area contributed by atoms with Gasteiger partial charge in [0, 0.05) is 34.2 Å². The predicted octanol–water partition coefficient (Wildman–Crippen LogP) is 6.70. The lowest BCUT2D eigenvalue weighted by atomic mass is 9.75. The fraction of sp³-hybridized carbons (Fsp3) is 0.333. The molecule has 1 atom stereocenters. The summed E-state index contributed by atoms with van der Waals surface area (Å²) >= 11 is 6.28. The topological polar surface area (TPSA) is 46.9 Å². The van der Waals surface area contributed by atoms with E-state index in [4.69, 9.17) is 16.7 Å². The SMILES string of the molecule is Cc1nn(-c2cccc(Cl)c2)c2c1C(c1ccc(C(C)(C)C)cc1)C1=C(CCCC1=O)N2. The fourth-order valence-electron chi connectivity index (χ4n) is 4.92. The van der Waals surface area contributed by atoms with Crippen molar-refractivity contribution in [2.24, 2.45) is 0 Å². The number of hydrogen-bond donors (Lipinski definition) is 1. The molecule has 1 aliphatic carbocycles. The van der Waals surface area contributed by atoms with Crippen LogP contribution < -0.4 is 5.32 Å². The lowest BCUT2D eigenvalue weighted by molar-refractivity contribution is -0.116. The highest BCUT2D eigenvalue weighted by molar-refractivity contribution is 6.30. The van der Waals surface area contributed by atoms with Gasteiger partial charge in [-0.1, -0.05) is 62.7 Å². The molecule has 0 radical (unpaired) electrons. The molecule has 3 aromatic rings. The zero-order chi connectivity index (χ0) is 22.6. The number of nitrogens with one attached hydrogen (secondary N) is 1. The minimum Gasteiger partial charge on any atom is -0.343 e. The van der Waals surface area contributed by atoms with Crippen molar-refractivity contribution in [3.8, 4) is 5.69 Å². The van der Waals surface area contributed by atoms with E-state index in [0.717, 1.165) is 52.4 Å². The van der Waals surface area contributed by atoms with Gasteiger partial charge in [-0.05, 0) is 54.5 Å². The Kier molecular flexibility index (Phi) is 5.01. The first kappa shape index (κ1) is 21.0. The zero-order valence-electron chi connectivity index (χ0n) is 19.0. The minimum absolute atomic E-state index is 0.0796. The van der Waals surface area contributed by atoms with Gasteiger partial charge in [-0.2, -0.15) is 5.10 Å². The van der Waals surface area contributed by atoms with Crippen LogP contribution in [0.1, 0.15) is 68.3 Å². The van der Waals surface area contributed by atoms with Crippen molar-refractivity contribution in [2.75, 3.05) is 5.32 Å². The smallest absolute Gasteiger partial charge is 0.161 e. The van der Waals surface area contributed by atoms with Crippen LogP contribution in [0, 0.1) is 6.92 Å². The summed E-state index contributed by atoms with van der Waals surface area (Å²) in [5, 5.41) is 9.13. The molecule has 0 fully saturated rings. The highest BCUT2D eigenvalue weighted by atomic mass is 35.5. The Balaban J connectivity index is 1.71. The number of allylic oxidation sites excluding steroid dienone is 2. The Labute approximate surface area is 194 Å². The maximum absolute atomic E-state index is 13.1. The lowest BCUT2D eigenvalue weighted by Gasteiger charge is -2.33. The summed E-state index contributed by atoms with van der Waals surface area (Å²) in [5.41, 5.74) is 7.33. The number of rotatable bonds is 2. The third kappa shape index (κ3) is 3.47. The number of ketones is 1. The van der Waals surface area contributed by atoms with Crippen LogP contribution in [0.4, 0.5) is 5.82 Å². The summed E-state index contributed by atoms with van der Waals surface area (Å²) in [5.74, 6) is 1.06. The third-order valence-electron chi connectivity index (χ3n) is 6.57. The Morgan fingerprint density at radius 2 is 1.84 bits per heavy atom. The number of fused-ring (bicyclic) bond motifs is 1. The van der Waals surface area contributed by atoms with E-state index in [1.54, 1.807) is 0 Å². The van der Waals surface area contributed by atoms with E-state index < -0.39 is 0 Å². The number of benzene rings is 2. The van der Waals surface area contributed by atoms with Gasteiger partial charge < -0.3 is 5.32 Å². The molecule has 1 aliphatic heterocycles. The highest BCUT2D eigenvalue weighted by Crippen LogP contribution is 2.47. The van der Waals surface area contributed by atoms with Gasteiger partial charge in [0.05, 0.1) is 11.4 Å². The normalized spacial score (nSPS) is 18.3. The van der Waals surface area contributed by atoms with Gasteiger partial charge in [0.1, 0.15) is 5.82 Å². The number of nitrogens with zero attached hydrogens (tertiary/aromatic N) is 2. The summed E-state index contributed by atoms with van der Waals surface area (Å²) in [6.07, 6.45) is 2.35. The number of carbonyl (C=O) groups excluding carboxylic acids is 1. The molecule has 4 nitrogen and oxygen atoms in total. The lowest BCUT2D eigenvalue weighted by Crippen LogP contribution is -2.27. The Hall–Kier alpha value is -2.85. The van der Waals surface area contributed by atoms with E-state index in [1.807, 2.05) is 35.9 Å². The van der Waals surface area contributed by atoms with Crippen molar-refractivity contribution >= 4 is 23.2 Å². The first-order chi connectivity index (χ1) is 15.2. The molecule has 164 valence electrons. The van der Waals surface area contributed by atoms with E-state index in [2.05, 4.69) is 50.4 Å². The zero-order valence-corrected chi connectivity index (χ0v) is 19.8. The summed E-state index contributed by atoms with van der Waals surface area (Å²) in [6, 6.07) is 16.5. The molecular weight excluding hydrogens is 418 g/mol. The maximum Gasteiger partial charge on any atom is 0.161 e. The molecule has 0 spiro atoms. The van der Waals surface area contributed by atoms with Crippen LogP contribution in [0.3, 0.4) is 0 Å². The van der Waals surface area contributed by atoms with Gasteiger partial charge in [-0.25, -0.2) is 4.68 Å². The van der Waals surface area contributed by atoms with Crippen LogP contribution in [0.5, 0.6) is 0 Å². The first-order valence-electron chi connectivity index (χ1n) is 11.2. The van der Waals surface area contributed by atoms with Crippen molar-refractivity contribution in [1.29, 1.82) is 0 Å². The van der Waals surface area contributed by atoms with Gasteiger partial charge >= 0.3 is 0 Å². The second kappa shape index (κ2) is 7.63. The molecule has 1 aromatic heterocycles. The van der Waals surface area contributed by atoms with Crippen LogP contribution >= 0.6 is 11.6 Å². The van der Waals surface area contributed by atoms with Crippen LogP contribution in [0.25, 0.3) is 5.69 Å². The summed E-state index contributed by atoms with van der Waals surface area (Å²) in [4.78, 5) is 13.1. The number of aromatic nitrogens is 2. The molecule has 0 amide bonds. The fourth-order valence-corrected chi connectivity index (χ4v) is 5.11. The first-order valence-corrected chi connectivity index (χ1v) is 11.6. The van der Waals surface area contributed by atoms with Crippen LogP contribution in [-0.2, 0) is 10.2 Å². The molecular formula is C27H28ClN3O. The average Bonchev–Trinajstić information content (AvgIpc) is 3.08. The summed E-state index contributed by atoms with van der Waals surface area (Å²) in [6.45, 7) is 8.68.